The maximum Gasteiger partial charge on any atom is 0.165 e. The van der Waals surface area contributed by atoms with E-state index in [4.69, 9.17) is 5.73 Å². The first-order valence-electron chi connectivity index (χ1n) is 4.47. The van der Waals surface area contributed by atoms with Gasteiger partial charge in [-0.3, -0.25) is 4.68 Å². The molecule has 2 aromatic rings. The number of hydrogen-bond acceptors (Lipinski definition) is 3. The van der Waals surface area contributed by atoms with E-state index >= 15 is 0 Å². The van der Waals surface area contributed by atoms with Gasteiger partial charge in [-0.25, -0.2) is 8.78 Å². The first kappa shape index (κ1) is 10.4. The average Bonchev–Trinajstić information content (AvgIpc) is 2.56. The summed E-state index contributed by atoms with van der Waals surface area (Å²) in [6.07, 6.45) is 1.27. The highest BCUT2D eigenvalue weighted by molar-refractivity contribution is 5.78. The van der Waals surface area contributed by atoms with Gasteiger partial charge in [0.1, 0.15) is 11.6 Å². The summed E-state index contributed by atoms with van der Waals surface area (Å²) in [4.78, 5) is 0. The number of benzene rings is 1. The molecule has 0 aliphatic rings. The Hall–Kier alpha value is -2.11. The smallest absolute Gasteiger partial charge is 0.165 e. The Morgan fingerprint density at radius 1 is 1.31 bits per heavy atom. The van der Waals surface area contributed by atoms with E-state index in [2.05, 4.69) is 5.10 Å². The zero-order valence-corrected chi connectivity index (χ0v) is 8.41. The third kappa shape index (κ3) is 1.39. The van der Waals surface area contributed by atoms with Gasteiger partial charge in [-0.1, -0.05) is 0 Å². The summed E-state index contributed by atoms with van der Waals surface area (Å²) in [5, 5.41) is 13.3. The summed E-state index contributed by atoms with van der Waals surface area (Å²) >= 11 is 0. The number of nitrogens with zero attached hydrogens (tertiary/aromatic N) is 2. The van der Waals surface area contributed by atoms with Crippen LogP contribution in [0.2, 0.25) is 0 Å². The minimum atomic E-state index is -0.903. The monoisotopic (exact) mass is 225 g/mol. The molecule has 1 aromatic carbocycles. The molecule has 0 bridgehead atoms. The summed E-state index contributed by atoms with van der Waals surface area (Å²) in [6.45, 7) is 0. The molecule has 0 aliphatic carbocycles. The number of anilines is 1. The van der Waals surface area contributed by atoms with Gasteiger partial charge < -0.3 is 10.8 Å². The highest BCUT2D eigenvalue weighted by Gasteiger charge is 2.19. The zero-order valence-electron chi connectivity index (χ0n) is 8.41. The van der Waals surface area contributed by atoms with Gasteiger partial charge in [0.05, 0.1) is 17.3 Å². The number of aryl methyl sites for hydroxylation is 1. The molecule has 2 rings (SSSR count). The number of rotatable bonds is 1. The van der Waals surface area contributed by atoms with Gasteiger partial charge in [0.25, 0.3) is 0 Å². The molecule has 0 amide bonds. The molecule has 0 fully saturated rings. The number of halogens is 2. The van der Waals surface area contributed by atoms with Crippen molar-refractivity contribution in [3.8, 4) is 16.9 Å². The Morgan fingerprint density at radius 2 is 1.94 bits per heavy atom. The third-order valence-electron chi connectivity index (χ3n) is 2.33. The minimum absolute atomic E-state index is 0.153. The van der Waals surface area contributed by atoms with E-state index in [1.165, 1.54) is 10.9 Å². The molecule has 0 radical (unpaired) electrons. The summed E-state index contributed by atoms with van der Waals surface area (Å²) in [6, 6.07) is 1.78. The van der Waals surface area contributed by atoms with Crippen molar-refractivity contribution in [3.05, 3.63) is 30.0 Å². The van der Waals surface area contributed by atoms with Crippen LogP contribution in [0.25, 0.3) is 11.1 Å². The second-order valence-corrected chi connectivity index (χ2v) is 3.32. The first-order valence-corrected chi connectivity index (χ1v) is 4.47. The molecule has 0 spiro atoms. The summed E-state index contributed by atoms with van der Waals surface area (Å²) < 4.78 is 27.9. The van der Waals surface area contributed by atoms with Crippen LogP contribution in [0.3, 0.4) is 0 Å². The maximum atomic E-state index is 13.5. The first-order chi connectivity index (χ1) is 7.52. The molecule has 0 atom stereocenters. The molecule has 3 N–H and O–H groups in total. The number of aromatic hydroxyl groups is 1. The Labute approximate surface area is 89.9 Å². The molecule has 16 heavy (non-hydrogen) atoms. The highest BCUT2D eigenvalue weighted by atomic mass is 19.1. The highest BCUT2D eigenvalue weighted by Crippen LogP contribution is 2.36. The molecule has 1 aromatic heterocycles. The molecule has 4 nitrogen and oxygen atoms in total. The lowest BCUT2D eigenvalue weighted by Gasteiger charge is -2.06. The van der Waals surface area contributed by atoms with Crippen LogP contribution in [0.1, 0.15) is 0 Å². The molecular weight excluding hydrogens is 216 g/mol. The average molecular weight is 225 g/mol. The van der Waals surface area contributed by atoms with E-state index < -0.39 is 17.4 Å². The van der Waals surface area contributed by atoms with E-state index in [9.17, 15) is 13.9 Å². The van der Waals surface area contributed by atoms with Crippen molar-refractivity contribution in [1.29, 1.82) is 0 Å². The predicted octanol–water partition coefficient (Wildman–Crippen LogP) is 1.65. The Balaban J connectivity index is 2.73. The molecule has 6 heteroatoms. The maximum absolute atomic E-state index is 13.5. The van der Waals surface area contributed by atoms with E-state index in [0.29, 0.717) is 0 Å². The minimum Gasteiger partial charge on any atom is -0.504 e. The topological polar surface area (TPSA) is 64.1 Å². The van der Waals surface area contributed by atoms with E-state index in [0.717, 1.165) is 12.1 Å². The van der Waals surface area contributed by atoms with Crippen LogP contribution in [0.4, 0.5) is 14.6 Å². The molecule has 0 unspecified atom stereocenters. The molecule has 0 saturated heterocycles. The SMILES string of the molecule is Cn1ncc(-c2c(F)ccc(F)c2O)c1N. The van der Waals surface area contributed by atoms with E-state index in [1.807, 2.05) is 0 Å². The summed E-state index contributed by atoms with van der Waals surface area (Å²) in [5.41, 5.74) is 5.51. The van der Waals surface area contributed by atoms with Crippen molar-refractivity contribution in [2.45, 2.75) is 0 Å². The van der Waals surface area contributed by atoms with Gasteiger partial charge in [0.2, 0.25) is 0 Å². The summed E-state index contributed by atoms with van der Waals surface area (Å²) in [7, 11) is 1.56. The number of nitrogens with two attached hydrogens (primary N) is 1. The van der Waals surface area contributed by atoms with Crippen LogP contribution in [0.5, 0.6) is 5.75 Å². The van der Waals surface area contributed by atoms with Crippen molar-refractivity contribution >= 4 is 5.82 Å². The van der Waals surface area contributed by atoms with Crippen LogP contribution in [-0.2, 0) is 7.05 Å². The number of phenolic OH excluding ortho intramolecular Hbond substituents is 1. The second-order valence-electron chi connectivity index (χ2n) is 3.32. The van der Waals surface area contributed by atoms with Crippen molar-refractivity contribution in [1.82, 2.24) is 9.78 Å². The lowest BCUT2D eigenvalue weighted by atomic mass is 10.1. The van der Waals surface area contributed by atoms with Gasteiger partial charge in [0, 0.05) is 7.05 Å². The fourth-order valence-corrected chi connectivity index (χ4v) is 1.44. The van der Waals surface area contributed by atoms with Gasteiger partial charge in [-0.05, 0) is 12.1 Å². The predicted molar refractivity (Wildman–Crippen MR) is 54.6 cm³/mol. The van der Waals surface area contributed by atoms with Crippen LogP contribution in [0, 0.1) is 11.6 Å². The molecule has 84 valence electrons. The lowest BCUT2D eigenvalue weighted by molar-refractivity contribution is 0.429. The quantitative estimate of drug-likeness (QED) is 0.775. The Morgan fingerprint density at radius 3 is 2.50 bits per heavy atom. The zero-order chi connectivity index (χ0) is 11.9. The number of phenols is 1. The van der Waals surface area contributed by atoms with Gasteiger partial charge in [-0.15, -0.1) is 0 Å². The fourth-order valence-electron chi connectivity index (χ4n) is 1.44. The number of nitrogen functional groups attached to an aromatic ring is 1. The second kappa shape index (κ2) is 3.48. The van der Waals surface area contributed by atoms with Gasteiger partial charge >= 0.3 is 0 Å². The van der Waals surface area contributed by atoms with Crippen LogP contribution < -0.4 is 5.73 Å². The van der Waals surface area contributed by atoms with Crippen molar-refractivity contribution in [3.63, 3.8) is 0 Å². The van der Waals surface area contributed by atoms with Crippen LogP contribution >= 0.6 is 0 Å². The van der Waals surface area contributed by atoms with Crippen LogP contribution in [-0.4, -0.2) is 14.9 Å². The largest absolute Gasteiger partial charge is 0.504 e. The number of aromatic nitrogens is 2. The molecular formula is C10H9F2N3O. The van der Waals surface area contributed by atoms with Crippen molar-refractivity contribution in [2.75, 3.05) is 5.73 Å². The van der Waals surface area contributed by atoms with Crippen LogP contribution in [0.15, 0.2) is 18.3 Å². The van der Waals surface area contributed by atoms with Gasteiger partial charge in [0.15, 0.2) is 11.6 Å². The number of hydrogen-bond donors (Lipinski definition) is 2. The third-order valence-corrected chi connectivity index (χ3v) is 2.33. The molecule has 0 saturated carbocycles. The van der Waals surface area contributed by atoms with E-state index in [-0.39, 0.29) is 16.9 Å². The van der Waals surface area contributed by atoms with Crippen molar-refractivity contribution in [2.24, 2.45) is 7.05 Å². The molecule has 1 heterocycles. The van der Waals surface area contributed by atoms with Gasteiger partial charge in [-0.2, -0.15) is 5.10 Å². The Kier molecular flexibility index (Phi) is 2.26. The fraction of sp³-hybridized carbons (Fsp3) is 0.100. The lowest BCUT2D eigenvalue weighted by Crippen LogP contribution is -1.99. The normalized spacial score (nSPS) is 10.7. The summed E-state index contributed by atoms with van der Waals surface area (Å²) in [5.74, 6) is -2.27. The Bertz CT molecular complexity index is 551. The van der Waals surface area contributed by atoms with E-state index in [1.54, 1.807) is 7.05 Å². The van der Waals surface area contributed by atoms with Crippen molar-refractivity contribution < 1.29 is 13.9 Å². The standard InChI is InChI=1S/C10H9F2N3O/c1-15-10(13)5(4-14-15)8-6(11)2-3-7(12)9(8)16/h2-4,16H,13H2,1H3. The molecule has 0 aliphatic heterocycles.